The Bertz CT molecular complexity index is 1000. The molecule has 2 aromatic carbocycles. The topological polar surface area (TPSA) is 72.7 Å². The highest BCUT2D eigenvalue weighted by molar-refractivity contribution is 5.79. The lowest BCUT2D eigenvalue weighted by atomic mass is 10.1. The van der Waals surface area contributed by atoms with E-state index >= 15 is 0 Å². The summed E-state index contributed by atoms with van der Waals surface area (Å²) >= 11 is 0. The van der Waals surface area contributed by atoms with Gasteiger partial charge in [0.1, 0.15) is 18.2 Å². The molecule has 0 aliphatic rings. The molecule has 0 aliphatic carbocycles. The fourth-order valence-corrected chi connectivity index (χ4v) is 3.46. The van der Waals surface area contributed by atoms with E-state index in [1.165, 1.54) is 5.56 Å². The molecule has 176 valence electrons. The second-order valence-electron chi connectivity index (χ2n) is 7.71. The van der Waals surface area contributed by atoms with Crippen LogP contribution in [-0.2, 0) is 30.8 Å². The lowest BCUT2D eigenvalue weighted by molar-refractivity contribution is 0.110. The number of benzene rings is 2. The van der Waals surface area contributed by atoms with Crippen molar-refractivity contribution < 1.29 is 9.47 Å². The summed E-state index contributed by atoms with van der Waals surface area (Å²) in [6.07, 6.45) is 4.83. The van der Waals surface area contributed by atoms with Gasteiger partial charge in [0.05, 0.1) is 13.2 Å². The van der Waals surface area contributed by atoms with Gasteiger partial charge in [-0.3, -0.25) is 4.99 Å². The normalized spacial score (nSPS) is 11.4. The number of hydrogen-bond donors (Lipinski definition) is 2. The number of aryl methyl sites for hydroxylation is 3. The highest BCUT2D eigenvalue weighted by Gasteiger charge is 2.08. The van der Waals surface area contributed by atoms with E-state index in [-0.39, 0.29) is 0 Å². The van der Waals surface area contributed by atoms with Crippen LogP contribution >= 0.6 is 0 Å². The molecule has 0 saturated carbocycles. The van der Waals surface area contributed by atoms with Crippen LogP contribution in [0.1, 0.15) is 29.4 Å². The van der Waals surface area contributed by atoms with Crippen LogP contribution in [-0.4, -0.2) is 42.4 Å². The standard InChI is InChI=1S/C26H35N5O2/c1-4-32-16-17-33-24-18-21(2)10-11-23(24)19-29-26(27-3)30-20-25-28-13-15-31(25)14-12-22-8-6-5-7-9-22/h5-11,13,15,18H,4,12,14,16-17,19-20H2,1-3H3,(H2,27,29,30). The Labute approximate surface area is 196 Å². The van der Waals surface area contributed by atoms with Gasteiger partial charge in [0.25, 0.3) is 0 Å². The van der Waals surface area contributed by atoms with Crippen molar-refractivity contribution in [2.24, 2.45) is 4.99 Å². The highest BCUT2D eigenvalue weighted by Crippen LogP contribution is 2.20. The van der Waals surface area contributed by atoms with E-state index in [0.717, 1.165) is 35.7 Å². The number of nitrogens with zero attached hydrogens (tertiary/aromatic N) is 3. The Balaban J connectivity index is 1.51. The van der Waals surface area contributed by atoms with Gasteiger partial charge in [-0.15, -0.1) is 0 Å². The van der Waals surface area contributed by atoms with Gasteiger partial charge in [0.15, 0.2) is 5.96 Å². The summed E-state index contributed by atoms with van der Waals surface area (Å²) in [4.78, 5) is 8.87. The van der Waals surface area contributed by atoms with Crippen LogP contribution < -0.4 is 15.4 Å². The summed E-state index contributed by atoms with van der Waals surface area (Å²) in [5.41, 5.74) is 3.55. The lowest BCUT2D eigenvalue weighted by Crippen LogP contribution is -2.37. The largest absolute Gasteiger partial charge is 0.491 e. The van der Waals surface area contributed by atoms with Gasteiger partial charge < -0.3 is 24.7 Å². The number of aliphatic imine (C=N–C) groups is 1. The van der Waals surface area contributed by atoms with Crippen molar-refractivity contribution >= 4 is 5.96 Å². The van der Waals surface area contributed by atoms with E-state index in [1.807, 2.05) is 25.4 Å². The Hall–Kier alpha value is -3.32. The van der Waals surface area contributed by atoms with E-state index < -0.39 is 0 Å². The molecule has 7 nitrogen and oxygen atoms in total. The van der Waals surface area contributed by atoms with Gasteiger partial charge >= 0.3 is 0 Å². The molecule has 0 fully saturated rings. The molecule has 2 N–H and O–H groups in total. The molecule has 1 aromatic heterocycles. The minimum absolute atomic E-state index is 0.531. The zero-order chi connectivity index (χ0) is 23.3. The summed E-state index contributed by atoms with van der Waals surface area (Å²) in [5, 5.41) is 6.74. The third kappa shape index (κ3) is 7.95. The van der Waals surface area contributed by atoms with Crippen LogP contribution in [0.15, 0.2) is 65.9 Å². The summed E-state index contributed by atoms with van der Waals surface area (Å²) in [7, 11) is 1.77. The fourth-order valence-electron chi connectivity index (χ4n) is 3.46. The summed E-state index contributed by atoms with van der Waals surface area (Å²) in [5.74, 6) is 2.56. The third-order valence-electron chi connectivity index (χ3n) is 5.28. The lowest BCUT2D eigenvalue weighted by Gasteiger charge is -2.16. The number of nitrogens with one attached hydrogen (secondary N) is 2. The van der Waals surface area contributed by atoms with Gasteiger partial charge in [-0.2, -0.15) is 0 Å². The van der Waals surface area contributed by atoms with E-state index in [0.29, 0.717) is 38.9 Å². The van der Waals surface area contributed by atoms with Crippen molar-refractivity contribution in [3.63, 3.8) is 0 Å². The van der Waals surface area contributed by atoms with Crippen LogP contribution in [0.4, 0.5) is 0 Å². The maximum atomic E-state index is 5.95. The Morgan fingerprint density at radius 2 is 1.88 bits per heavy atom. The number of rotatable bonds is 12. The number of ether oxygens (including phenoxy) is 2. The predicted octanol–water partition coefficient (Wildman–Crippen LogP) is 3.71. The molecule has 0 spiro atoms. The first kappa shape index (κ1) is 24.3. The van der Waals surface area contributed by atoms with Crippen molar-refractivity contribution in [1.82, 2.24) is 20.2 Å². The Morgan fingerprint density at radius 1 is 1.06 bits per heavy atom. The molecular weight excluding hydrogens is 414 g/mol. The molecule has 0 amide bonds. The molecule has 0 aliphatic heterocycles. The van der Waals surface area contributed by atoms with Crippen LogP contribution in [0.2, 0.25) is 0 Å². The van der Waals surface area contributed by atoms with Gasteiger partial charge in [0, 0.05) is 44.7 Å². The molecule has 0 radical (unpaired) electrons. The van der Waals surface area contributed by atoms with E-state index in [4.69, 9.17) is 9.47 Å². The van der Waals surface area contributed by atoms with Crippen LogP contribution in [0.5, 0.6) is 5.75 Å². The third-order valence-corrected chi connectivity index (χ3v) is 5.28. The average Bonchev–Trinajstić information content (AvgIpc) is 3.29. The van der Waals surface area contributed by atoms with Crippen LogP contribution in [0.25, 0.3) is 0 Å². The van der Waals surface area contributed by atoms with Crippen LogP contribution in [0.3, 0.4) is 0 Å². The van der Waals surface area contributed by atoms with Gasteiger partial charge in [0.2, 0.25) is 0 Å². The molecule has 33 heavy (non-hydrogen) atoms. The number of hydrogen-bond acceptors (Lipinski definition) is 4. The Kier molecular flexibility index (Phi) is 9.79. The molecule has 0 bridgehead atoms. The SMILES string of the molecule is CCOCCOc1cc(C)ccc1CNC(=NC)NCc1nccn1CCc1ccccc1. The van der Waals surface area contributed by atoms with E-state index in [2.05, 4.69) is 74.6 Å². The first-order chi connectivity index (χ1) is 16.2. The second kappa shape index (κ2) is 13.3. The minimum Gasteiger partial charge on any atom is -0.491 e. The quantitative estimate of drug-likeness (QED) is 0.251. The van der Waals surface area contributed by atoms with Crippen molar-refractivity contribution in [3.05, 3.63) is 83.4 Å². The predicted molar refractivity (Wildman–Crippen MR) is 133 cm³/mol. The molecule has 3 aromatic rings. The Morgan fingerprint density at radius 3 is 2.67 bits per heavy atom. The molecular formula is C26H35N5O2. The molecule has 1 heterocycles. The maximum absolute atomic E-state index is 5.95. The maximum Gasteiger partial charge on any atom is 0.191 e. The van der Waals surface area contributed by atoms with Crippen molar-refractivity contribution in [3.8, 4) is 5.75 Å². The van der Waals surface area contributed by atoms with Crippen molar-refractivity contribution in [2.45, 2.75) is 39.9 Å². The second-order valence-corrected chi connectivity index (χ2v) is 7.71. The van der Waals surface area contributed by atoms with Gasteiger partial charge in [-0.05, 0) is 37.5 Å². The molecule has 3 rings (SSSR count). The summed E-state index contributed by atoms with van der Waals surface area (Å²) in [6.45, 7) is 7.93. The van der Waals surface area contributed by atoms with Gasteiger partial charge in [-0.25, -0.2) is 4.98 Å². The fraction of sp³-hybridized carbons (Fsp3) is 0.385. The zero-order valence-corrected chi connectivity index (χ0v) is 19.9. The monoisotopic (exact) mass is 449 g/mol. The van der Waals surface area contributed by atoms with E-state index in [1.54, 1.807) is 7.05 Å². The highest BCUT2D eigenvalue weighted by atomic mass is 16.5. The smallest absolute Gasteiger partial charge is 0.191 e. The van der Waals surface area contributed by atoms with Gasteiger partial charge in [-0.1, -0.05) is 42.5 Å². The number of guanidine groups is 1. The molecule has 0 atom stereocenters. The minimum atomic E-state index is 0.531. The number of aromatic nitrogens is 2. The average molecular weight is 450 g/mol. The van der Waals surface area contributed by atoms with Crippen LogP contribution in [0, 0.1) is 6.92 Å². The molecule has 0 saturated heterocycles. The summed E-state index contributed by atoms with van der Waals surface area (Å²) in [6, 6.07) is 16.7. The summed E-state index contributed by atoms with van der Waals surface area (Å²) < 4.78 is 13.5. The molecule has 0 unspecified atom stereocenters. The van der Waals surface area contributed by atoms with Crippen molar-refractivity contribution in [1.29, 1.82) is 0 Å². The zero-order valence-electron chi connectivity index (χ0n) is 19.9. The van der Waals surface area contributed by atoms with Crippen molar-refractivity contribution in [2.75, 3.05) is 26.9 Å². The first-order valence-electron chi connectivity index (χ1n) is 11.5. The van der Waals surface area contributed by atoms with E-state index in [9.17, 15) is 0 Å². The number of imidazole rings is 1. The molecule has 7 heteroatoms. The first-order valence-corrected chi connectivity index (χ1v) is 11.5.